The summed E-state index contributed by atoms with van der Waals surface area (Å²) in [6.45, 7) is 0.849. The molecule has 0 rings (SSSR count). The Morgan fingerprint density at radius 3 is 1.38 bits per heavy atom. The fraction of sp³-hybridized carbons (Fsp3) is 1.00. The lowest BCUT2D eigenvalue weighted by Crippen LogP contribution is -2.21. The molecule has 0 spiro atoms. The van der Waals surface area contributed by atoms with Crippen LogP contribution in [0.5, 0.6) is 0 Å². The van der Waals surface area contributed by atoms with Crippen LogP contribution in [0.4, 0.5) is 0 Å². The summed E-state index contributed by atoms with van der Waals surface area (Å²) in [5, 5.41) is 0. The molecule has 0 aliphatic carbocycles. The van der Waals surface area contributed by atoms with Crippen LogP contribution in [-0.4, -0.2) is 37.7 Å². The van der Waals surface area contributed by atoms with Crippen molar-refractivity contribution in [3.63, 3.8) is 0 Å². The smallest absolute Gasteiger partial charge is 0.399 e. The minimum atomic E-state index is -4.80. The monoisotopic (exact) mass is 240 g/mol. The lowest BCUT2D eigenvalue weighted by Gasteiger charge is -2.06. The molecular weight excluding hydrogens is 232 g/mol. The van der Waals surface area contributed by atoms with Gasteiger partial charge in [0.15, 0.2) is 6.29 Å². The van der Waals surface area contributed by atoms with Crippen molar-refractivity contribution in [2.75, 3.05) is 0 Å². The molecule has 0 aromatic heterocycles. The zero-order valence-electron chi connectivity index (χ0n) is 6.24. The second kappa shape index (κ2) is 4.80. The quantitative estimate of drug-likeness (QED) is 0.427. The van der Waals surface area contributed by atoms with Crippen LogP contribution in [0.15, 0.2) is 0 Å². The molecule has 0 aliphatic heterocycles. The summed E-state index contributed by atoms with van der Waals surface area (Å²) in [7, 11) is -9.59. The molecule has 0 bridgehead atoms. The van der Waals surface area contributed by atoms with Gasteiger partial charge in [-0.15, -0.1) is 0 Å². The Morgan fingerprint density at radius 1 is 1.00 bits per heavy atom. The third kappa shape index (κ3) is 11.7. The van der Waals surface area contributed by atoms with Gasteiger partial charge in [-0.3, -0.25) is 9.11 Å². The van der Waals surface area contributed by atoms with E-state index in [9.17, 15) is 16.8 Å². The van der Waals surface area contributed by atoms with Gasteiger partial charge in [0.05, 0.1) is 0 Å². The summed E-state index contributed by atoms with van der Waals surface area (Å²) >= 11 is 0. The first-order valence-electron chi connectivity index (χ1n) is 2.41. The molecule has 0 saturated heterocycles. The summed E-state index contributed by atoms with van der Waals surface area (Å²) < 4.78 is 62.7. The van der Waals surface area contributed by atoms with Gasteiger partial charge in [-0.25, -0.2) is 8.37 Å². The maximum Gasteiger partial charge on any atom is 0.399 e. The Morgan fingerprint density at radius 2 is 1.23 bits per heavy atom. The Labute approximate surface area is 74.5 Å². The fourth-order valence-corrected chi connectivity index (χ4v) is 1.17. The predicted molar refractivity (Wildman–Crippen MR) is 38.3 cm³/mol. The van der Waals surface area contributed by atoms with E-state index in [1.165, 1.54) is 0 Å². The van der Waals surface area contributed by atoms with E-state index in [2.05, 4.69) is 8.37 Å². The van der Waals surface area contributed by atoms with Gasteiger partial charge in [-0.2, -0.15) is 16.8 Å². The molecule has 0 aromatic carbocycles. The van der Waals surface area contributed by atoms with Gasteiger partial charge >= 0.3 is 20.8 Å². The Bertz CT molecular complexity index is 289. The highest BCUT2D eigenvalue weighted by atomic mass is 32.3. The molecule has 0 radical (unpaired) electrons. The van der Waals surface area contributed by atoms with Crippen molar-refractivity contribution in [3.8, 4) is 0 Å². The SMILES string of the molecule is CC(OS(=O)(=O)O)OS(=O)(=O)O.O. The van der Waals surface area contributed by atoms with Crippen molar-refractivity contribution < 1.29 is 39.8 Å². The molecule has 0 aromatic rings. The lowest BCUT2D eigenvalue weighted by atomic mass is 10.8. The van der Waals surface area contributed by atoms with Crippen LogP contribution < -0.4 is 0 Å². The molecule has 11 heteroatoms. The second-order valence-corrected chi connectivity index (χ2v) is 3.71. The average molecular weight is 240 g/mol. The molecular formula is C2H8O9S2. The van der Waals surface area contributed by atoms with Crippen molar-refractivity contribution in [1.82, 2.24) is 0 Å². The topological polar surface area (TPSA) is 159 Å². The van der Waals surface area contributed by atoms with E-state index in [1.807, 2.05) is 0 Å². The van der Waals surface area contributed by atoms with E-state index in [1.54, 1.807) is 0 Å². The Balaban J connectivity index is 0. The molecule has 0 heterocycles. The Kier molecular flexibility index (Phi) is 5.61. The minimum absolute atomic E-state index is 0. The van der Waals surface area contributed by atoms with Crippen LogP contribution in [0.25, 0.3) is 0 Å². The molecule has 9 nitrogen and oxygen atoms in total. The third-order valence-corrected chi connectivity index (χ3v) is 1.54. The Hall–Kier alpha value is -0.300. The first-order valence-corrected chi connectivity index (χ1v) is 5.14. The highest BCUT2D eigenvalue weighted by Gasteiger charge is 2.18. The van der Waals surface area contributed by atoms with Crippen LogP contribution in [0, 0.1) is 0 Å². The molecule has 13 heavy (non-hydrogen) atoms. The van der Waals surface area contributed by atoms with E-state index in [0.29, 0.717) is 0 Å². The summed E-state index contributed by atoms with van der Waals surface area (Å²) in [5.41, 5.74) is 0. The second-order valence-electron chi connectivity index (χ2n) is 1.62. The number of rotatable bonds is 4. The maximum absolute atomic E-state index is 9.90. The summed E-state index contributed by atoms with van der Waals surface area (Å²) in [5.74, 6) is 0. The normalized spacial score (nSPS) is 12.6. The van der Waals surface area contributed by atoms with Gasteiger partial charge in [0.1, 0.15) is 0 Å². The fourth-order valence-electron chi connectivity index (χ4n) is 0.359. The van der Waals surface area contributed by atoms with Crippen molar-refractivity contribution >= 4 is 20.8 Å². The highest BCUT2D eigenvalue weighted by Crippen LogP contribution is 2.01. The van der Waals surface area contributed by atoms with Gasteiger partial charge < -0.3 is 5.48 Å². The molecule has 0 amide bonds. The van der Waals surface area contributed by atoms with Crippen LogP contribution in [0.2, 0.25) is 0 Å². The van der Waals surface area contributed by atoms with Crippen LogP contribution in [0.1, 0.15) is 6.92 Å². The van der Waals surface area contributed by atoms with E-state index in [4.69, 9.17) is 9.11 Å². The molecule has 0 saturated carbocycles. The van der Waals surface area contributed by atoms with Gasteiger partial charge in [0.25, 0.3) is 0 Å². The van der Waals surface area contributed by atoms with Gasteiger partial charge in [-0.1, -0.05) is 0 Å². The van der Waals surface area contributed by atoms with Crippen LogP contribution >= 0.6 is 0 Å². The molecule has 0 aliphatic rings. The standard InChI is InChI=1S/C2H6O8S2.H2O/c1-2(9-11(3,4)5)10-12(6,7)8;/h2H,1H3,(H,3,4,5)(H,6,7,8);1H2. The maximum atomic E-state index is 9.90. The molecule has 0 fully saturated rings. The van der Waals surface area contributed by atoms with Gasteiger partial charge in [0, 0.05) is 0 Å². The van der Waals surface area contributed by atoms with Crippen molar-refractivity contribution in [2.45, 2.75) is 13.2 Å². The van der Waals surface area contributed by atoms with E-state index < -0.39 is 27.1 Å². The highest BCUT2D eigenvalue weighted by molar-refractivity contribution is 7.81. The van der Waals surface area contributed by atoms with Crippen molar-refractivity contribution in [1.29, 1.82) is 0 Å². The predicted octanol–water partition coefficient (Wildman–Crippen LogP) is -1.85. The third-order valence-electron chi connectivity index (χ3n) is 0.514. The summed E-state index contributed by atoms with van der Waals surface area (Å²) in [6, 6.07) is 0. The first kappa shape index (κ1) is 15.2. The van der Waals surface area contributed by atoms with E-state index in [-0.39, 0.29) is 5.48 Å². The van der Waals surface area contributed by atoms with Gasteiger partial charge in [-0.05, 0) is 6.92 Å². The van der Waals surface area contributed by atoms with E-state index >= 15 is 0 Å². The van der Waals surface area contributed by atoms with Gasteiger partial charge in [0.2, 0.25) is 0 Å². The number of hydrogen-bond donors (Lipinski definition) is 2. The zero-order valence-corrected chi connectivity index (χ0v) is 7.87. The minimum Gasteiger partial charge on any atom is -0.412 e. The molecule has 0 unspecified atom stereocenters. The molecule has 4 N–H and O–H groups in total. The van der Waals surface area contributed by atoms with E-state index in [0.717, 1.165) is 6.92 Å². The molecule has 82 valence electrons. The van der Waals surface area contributed by atoms with Crippen LogP contribution in [0.3, 0.4) is 0 Å². The average Bonchev–Trinajstić information content (AvgIpc) is 1.49. The lowest BCUT2D eigenvalue weighted by molar-refractivity contribution is 0.0158. The zero-order chi connectivity index (χ0) is 9.99. The number of hydrogen-bond acceptors (Lipinski definition) is 6. The summed E-state index contributed by atoms with van der Waals surface area (Å²) in [6.07, 6.45) is -1.82. The molecule has 0 atom stereocenters. The van der Waals surface area contributed by atoms with Crippen LogP contribution in [-0.2, 0) is 29.2 Å². The summed E-state index contributed by atoms with van der Waals surface area (Å²) in [4.78, 5) is 0. The largest absolute Gasteiger partial charge is 0.412 e. The van der Waals surface area contributed by atoms with Crippen molar-refractivity contribution in [3.05, 3.63) is 0 Å². The first-order chi connectivity index (χ1) is 5.10. The van der Waals surface area contributed by atoms with Crippen molar-refractivity contribution in [2.24, 2.45) is 0 Å².